The number of nitrogens with zero attached hydrogens (tertiary/aromatic N) is 3. The molecule has 20 nitrogen and oxygen atoms in total. The number of methoxy groups -OCH3 is 2. The molecule has 6 rings (SSSR count). The fourth-order valence-electron chi connectivity index (χ4n) is 12.9. The lowest BCUT2D eigenvalue weighted by molar-refractivity contribution is -0.322. The number of nitrogens with one attached hydrogen (secondary N) is 1. The first-order valence-corrected chi connectivity index (χ1v) is 28.2. The summed E-state index contributed by atoms with van der Waals surface area (Å²) in [6.07, 6.45) is -3.21. The maximum absolute atomic E-state index is 14.8. The van der Waals surface area contributed by atoms with Gasteiger partial charge >= 0.3 is 18.0 Å². The molecule has 0 aliphatic carbocycles. The monoisotopic (exact) mass is 1100 g/mol. The molecule has 4 aliphatic heterocycles. The molecule has 1 aromatic heterocycles. The number of cyclic esters (lactones) is 1. The standard InChI is InChI=1S/C58H92N4O16/c1-17-43-58(11)49(59-55(69)78-58)34(5)45(63)32(3)29-56(9,70-15)50(77-54-47(65)42(60(12)13)27-33(4)73-54)35(6)48(36(7)53(68)75-43)76-44-30-57(10,71-16)51(37(8)74-44)72-26-20-25-61(14)24-19-21-38-22-23-41-39(28-38)46(64)40(52(66)67)31-62(41)18-2/h22-23,28,31-37,42-44,47-51,54,65H,17-21,24-27,29-30H2,1-16H3,(H,59,69)(H,66,67)/t32-,33-,34+,35+,36+,37-,42+,43-,44+,47+,48+,49+,50-,51+,54+,56+,57-,58-/m0/s1. The average molecular weight is 1100 g/mol. The number of carboxylic acids is 1. The Bertz CT molecular complexity index is 2460. The molecule has 0 radical (unpaired) electrons. The van der Waals surface area contributed by atoms with Gasteiger partial charge < -0.3 is 72.5 Å². The van der Waals surface area contributed by atoms with Crippen molar-refractivity contribution < 1.29 is 72.0 Å². The predicted octanol–water partition coefficient (Wildman–Crippen LogP) is 6.21. The Morgan fingerprint density at radius 3 is 2.18 bits per heavy atom. The lowest BCUT2D eigenvalue weighted by Crippen LogP contribution is -2.61. The van der Waals surface area contributed by atoms with Crippen LogP contribution in [0.5, 0.6) is 0 Å². The Labute approximate surface area is 461 Å². The van der Waals surface area contributed by atoms with E-state index in [0.29, 0.717) is 43.3 Å². The molecule has 20 heteroatoms. The fraction of sp³-hybridized carbons (Fsp3) is 0.776. The Hall–Kier alpha value is -4.09. The molecule has 5 heterocycles. The Balaban J connectivity index is 1.20. The number of ketones is 1. The van der Waals surface area contributed by atoms with E-state index in [1.54, 1.807) is 39.6 Å². The van der Waals surface area contributed by atoms with E-state index in [1.165, 1.54) is 6.20 Å². The second-order valence-corrected chi connectivity index (χ2v) is 23.6. The van der Waals surface area contributed by atoms with Crippen molar-refractivity contribution in [2.75, 3.05) is 55.1 Å². The highest BCUT2D eigenvalue weighted by atomic mass is 16.7. The second kappa shape index (κ2) is 26.2. The van der Waals surface area contributed by atoms with Crippen LogP contribution >= 0.6 is 0 Å². The van der Waals surface area contributed by atoms with Crippen LogP contribution in [0.25, 0.3) is 10.9 Å². The lowest BCUT2D eigenvalue weighted by atomic mass is 9.73. The number of aromatic carboxylic acids is 1. The summed E-state index contributed by atoms with van der Waals surface area (Å²) in [6.45, 7) is 22.8. The summed E-state index contributed by atoms with van der Waals surface area (Å²) in [5.41, 5.74) is -2.59. The number of carbonyl (C=O) groups excluding carboxylic acids is 3. The molecule has 440 valence electrons. The third kappa shape index (κ3) is 13.6. The summed E-state index contributed by atoms with van der Waals surface area (Å²) in [7, 11) is 9.01. The number of aliphatic hydroxyl groups is 1. The van der Waals surface area contributed by atoms with Crippen molar-refractivity contribution in [3.05, 3.63) is 45.7 Å². The number of hydrogen-bond acceptors (Lipinski definition) is 17. The summed E-state index contributed by atoms with van der Waals surface area (Å²) in [5.74, 6) is -5.12. The van der Waals surface area contributed by atoms with Crippen molar-refractivity contribution in [1.82, 2.24) is 19.7 Å². The van der Waals surface area contributed by atoms with E-state index in [-0.39, 0.29) is 42.8 Å². The van der Waals surface area contributed by atoms with Crippen molar-refractivity contribution in [2.45, 2.75) is 212 Å². The highest BCUT2D eigenvalue weighted by Gasteiger charge is 2.58. The van der Waals surface area contributed by atoms with Crippen LogP contribution in [0.1, 0.15) is 131 Å². The lowest BCUT2D eigenvalue weighted by Gasteiger charge is -2.50. The van der Waals surface area contributed by atoms with Gasteiger partial charge in [-0.25, -0.2) is 9.59 Å². The van der Waals surface area contributed by atoms with Gasteiger partial charge in [0, 0.05) is 75.7 Å². The number of benzene rings is 1. The van der Waals surface area contributed by atoms with Gasteiger partial charge in [0.1, 0.15) is 29.7 Å². The van der Waals surface area contributed by atoms with Gasteiger partial charge in [0.05, 0.1) is 53.1 Å². The molecule has 3 N–H and O–H groups in total. The molecule has 0 saturated carbocycles. The number of rotatable bonds is 19. The maximum Gasteiger partial charge on any atom is 0.408 e. The van der Waals surface area contributed by atoms with Gasteiger partial charge in [-0.3, -0.25) is 14.4 Å². The first kappa shape index (κ1) is 63.1. The number of carbonyl (C=O) groups is 4. The number of alkyl carbamates (subject to hydrolysis) is 1. The van der Waals surface area contributed by atoms with E-state index < -0.39 is 119 Å². The number of aryl methyl sites for hydroxylation is 2. The molecule has 0 spiro atoms. The molecule has 18 atom stereocenters. The van der Waals surface area contributed by atoms with Crippen molar-refractivity contribution in [2.24, 2.45) is 23.7 Å². The quantitative estimate of drug-likeness (QED) is 0.105. The molecule has 1 aromatic carbocycles. The van der Waals surface area contributed by atoms with Gasteiger partial charge in [-0.2, -0.15) is 0 Å². The number of aliphatic hydroxyl groups excluding tert-OH is 1. The smallest absolute Gasteiger partial charge is 0.408 e. The molecule has 0 bridgehead atoms. The average Bonchev–Trinajstić information content (AvgIpc) is 3.79. The maximum atomic E-state index is 14.8. The zero-order valence-corrected chi connectivity index (χ0v) is 49.2. The SMILES string of the molecule is CC[C@@H]1OC(=O)[C@H](C)[C@H](O[C@@H]2C[C@](C)(OC)[C@H](OCCCN(C)CCCc3ccc4c(c3)c(=O)c(C(=O)O)cn4CC)[C@H](C)O2)[C@@H](C)[C@H](O[C@H]2O[C@@H](C)C[C@@H](N(C)C)[C@H]2O)[C@](C)(OC)C[C@H](C)C(=O)[C@@H](C)[C@H]2NC(=O)O[C@@]12C. The van der Waals surface area contributed by atoms with E-state index in [2.05, 4.69) is 10.2 Å². The van der Waals surface area contributed by atoms with Gasteiger partial charge in [-0.15, -0.1) is 0 Å². The van der Waals surface area contributed by atoms with Crippen molar-refractivity contribution in [3.8, 4) is 0 Å². The van der Waals surface area contributed by atoms with E-state index in [4.69, 9.17) is 42.6 Å². The molecule has 4 saturated heterocycles. The zero-order chi connectivity index (χ0) is 57.8. The molecule has 4 fully saturated rings. The summed E-state index contributed by atoms with van der Waals surface area (Å²) in [6, 6.07) is 4.57. The van der Waals surface area contributed by atoms with Crippen LogP contribution in [0.4, 0.5) is 4.79 Å². The van der Waals surface area contributed by atoms with Gasteiger partial charge in [-0.1, -0.05) is 33.8 Å². The second-order valence-electron chi connectivity index (χ2n) is 23.6. The van der Waals surface area contributed by atoms with Crippen LogP contribution < -0.4 is 10.7 Å². The minimum absolute atomic E-state index is 0.151. The minimum Gasteiger partial charge on any atom is -0.477 e. The number of Topliss-reactive ketones (excluding diaryl/α,β-unsaturated/α-hetero) is 1. The zero-order valence-electron chi connectivity index (χ0n) is 49.2. The highest BCUT2D eigenvalue weighted by Crippen LogP contribution is 2.43. The molecule has 78 heavy (non-hydrogen) atoms. The van der Waals surface area contributed by atoms with Gasteiger partial charge in [0.2, 0.25) is 5.43 Å². The molecule has 0 unspecified atom stereocenters. The topological polar surface area (TPSA) is 232 Å². The highest BCUT2D eigenvalue weighted by molar-refractivity contribution is 5.92. The fourth-order valence-corrected chi connectivity index (χ4v) is 12.9. The van der Waals surface area contributed by atoms with Gasteiger partial charge in [0.25, 0.3) is 0 Å². The van der Waals surface area contributed by atoms with E-state index in [0.717, 1.165) is 25.1 Å². The third-order valence-corrected chi connectivity index (χ3v) is 17.5. The summed E-state index contributed by atoms with van der Waals surface area (Å²) < 4.78 is 60.6. The first-order valence-electron chi connectivity index (χ1n) is 28.2. The summed E-state index contributed by atoms with van der Waals surface area (Å²) in [5, 5.41) is 24.8. The number of hydrogen-bond donors (Lipinski definition) is 3. The van der Waals surface area contributed by atoms with Crippen LogP contribution in [0, 0.1) is 23.7 Å². The Morgan fingerprint density at radius 2 is 1.55 bits per heavy atom. The number of pyridine rings is 1. The van der Waals surface area contributed by atoms with Crippen molar-refractivity contribution in [3.63, 3.8) is 0 Å². The van der Waals surface area contributed by atoms with Crippen molar-refractivity contribution >= 4 is 34.7 Å². The van der Waals surface area contributed by atoms with Crippen LogP contribution in [-0.2, 0) is 65.2 Å². The van der Waals surface area contributed by atoms with Gasteiger partial charge in [0.15, 0.2) is 18.2 Å². The van der Waals surface area contributed by atoms with E-state index in [9.17, 15) is 34.2 Å². The van der Waals surface area contributed by atoms with Crippen LogP contribution in [0.2, 0.25) is 0 Å². The van der Waals surface area contributed by atoms with E-state index >= 15 is 0 Å². The molecule has 2 aromatic rings. The summed E-state index contributed by atoms with van der Waals surface area (Å²) in [4.78, 5) is 71.5. The summed E-state index contributed by atoms with van der Waals surface area (Å²) >= 11 is 0. The van der Waals surface area contributed by atoms with Crippen LogP contribution in [0.15, 0.2) is 29.2 Å². The number of ether oxygens (including phenoxy) is 9. The number of amides is 1. The molecular weight excluding hydrogens is 1010 g/mol. The number of esters is 1. The minimum atomic E-state index is -1.39. The Morgan fingerprint density at radius 1 is 0.885 bits per heavy atom. The Kier molecular flexibility index (Phi) is 21.2. The van der Waals surface area contributed by atoms with Gasteiger partial charge in [-0.05, 0) is 132 Å². The number of carboxylic acid groups (broad SMARTS) is 1. The number of likely N-dealkylation sites (N-methyl/N-ethyl adjacent to an activating group) is 1. The molecular formula is C58H92N4O16. The third-order valence-electron chi connectivity index (χ3n) is 17.5. The van der Waals surface area contributed by atoms with Crippen molar-refractivity contribution in [1.29, 1.82) is 0 Å². The molecule has 4 aliphatic rings. The first-order chi connectivity index (χ1) is 36.7. The largest absolute Gasteiger partial charge is 0.477 e. The van der Waals surface area contributed by atoms with Crippen LogP contribution in [-0.4, -0.2) is 188 Å². The van der Waals surface area contributed by atoms with Crippen LogP contribution in [0.3, 0.4) is 0 Å². The molecule has 1 amide bonds. The normalized spacial score (nSPS) is 37.2. The predicted molar refractivity (Wildman–Crippen MR) is 291 cm³/mol. The van der Waals surface area contributed by atoms with E-state index in [1.807, 2.05) is 99.6 Å². The number of aromatic nitrogens is 1. The number of fused-ring (bicyclic) bond motifs is 2.